The highest BCUT2D eigenvalue weighted by atomic mass is 19.1. The van der Waals surface area contributed by atoms with Crippen molar-refractivity contribution in [3.8, 4) is 0 Å². The van der Waals surface area contributed by atoms with E-state index in [0.29, 0.717) is 13.2 Å². The molecule has 2 aromatic heterocycles. The number of imidazole rings is 1. The normalized spacial score (nSPS) is 16.8. The summed E-state index contributed by atoms with van der Waals surface area (Å²) in [7, 11) is 0. The van der Waals surface area contributed by atoms with Gasteiger partial charge in [-0.2, -0.15) is 0 Å². The van der Waals surface area contributed by atoms with Gasteiger partial charge in [0.25, 0.3) is 5.91 Å². The molecule has 3 heterocycles. The molecule has 7 heteroatoms. The largest absolute Gasteiger partial charge is 0.381 e. The lowest BCUT2D eigenvalue weighted by atomic mass is 9.91. The Kier molecular flexibility index (Phi) is 5.20. The van der Waals surface area contributed by atoms with E-state index in [1.54, 1.807) is 6.20 Å². The number of pyridine rings is 1. The van der Waals surface area contributed by atoms with Gasteiger partial charge in [-0.15, -0.1) is 0 Å². The van der Waals surface area contributed by atoms with Crippen LogP contribution >= 0.6 is 0 Å². The van der Waals surface area contributed by atoms with Crippen molar-refractivity contribution in [1.82, 2.24) is 19.9 Å². The first kappa shape index (κ1) is 16.6. The van der Waals surface area contributed by atoms with Gasteiger partial charge in [-0.1, -0.05) is 0 Å². The maximum atomic E-state index is 13.0. The molecule has 128 valence electrons. The molecule has 6 nitrogen and oxygen atoms in total. The summed E-state index contributed by atoms with van der Waals surface area (Å²) in [5, 5.41) is 3.04. The molecule has 1 aliphatic rings. The minimum Gasteiger partial charge on any atom is -0.381 e. The zero-order valence-corrected chi connectivity index (χ0v) is 13.6. The molecule has 2 aromatic rings. The molecule has 1 saturated heterocycles. The second-order valence-corrected chi connectivity index (χ2v) is 5.83. The Hall–Kier alpha value is -2.28. The Labute approximate surface area is 140 Å². The van der Waals surface area contributed by atoms with Gasteiger partial charge in [0, 0.05) is 32.2 Å². The predicted molar refractivity (Wildman–Crippen MR) is 85.8 cm³/mol. The monoisotopic (exact) mass is 332 g/mol. The summed E-state index contributed by atoms with van der Waals surface area (Å²) >= 11 is 0. The molecule has 1 amide bonds. The second-order valence-electron chi connectivity index (χ2n) is 5.83. The third kappa shape index (κ3) is 3.62. The average Bonchev–Trinajstić information content (AvgIpc) is 3.09. The molecule has 1 N–H and O–H groups in total. The van der Waals surface area contributed by atoms with Crippen LogP contribution in [0.25, 0.3) is 0 Å². The lowest BCUT2D eigenvalue weighted by Gasteiger charge is -2.30. The molecule has 0 saturated carbocycles. The first-order valence-electron chi connectivity index (χ1n) is 8.20. The molecule has 0 aliphatic carbocycles. The average molecular weight is 332 g/mol. The number of ether oxygens (including phenoxy) is 1. The van der Waals surface area contributed by atoms with Crippen LogP contribution in [0, 0.1) is 11.7 Å². The Bertz CT molecular complexity index is 680. The van der Waals surface area contributed by atoms with Gasteiger partial charge in [-0.25, -0.2) is 14.4 Å². The van der Waals surface area contributed by atoms with Crippen LogP contribution in [0.3, 0.4) is 0 Å². The number of rotatable bonds is 5. The zero-order valence-electron chi connectivity index (χ0n) is 13.6. The standard InChI is InChI=1S/C17H21FN4O2/c1-2-22-8-7-19-16(22)15(12-5-9-24-10-6-12)21-17(23)14-4-3-13(18)11-20-14/h3-4,7-8,11-12,15H,2,5-6,9-10H2,1H3,(H,21,23). The first-order valence-corrected chi connectivity index (χ1v) is 8.20. The fourth-order valence-electron chi connectivity index (χ4n) is 3.03. The number of aromatic nitrogens is 3. The van der Waals surface area contributed by atoms with E-state index in [9.17, 15) is 9.18 Å². The predicted octanol–water partition coefficient (Wildman–Crippen LogP) is 2.33. The third-order valence-electron chi connectivity index (χ3n) is 4.35. The van der Waals surface area contributed by atoms with Crippen molar-refractivity contribution in [2.75, 3.05) is 13.2 Å². The van der Waals surface area contributed by atoms with E-state index in [4.69, 9.17) is 4.74 Å². The Morgan fingerprint density at radius 3 is 2.88 bits per heavy atom. The fraction of sp³-hybridized carbons (Fsp3) is 0.471. The summed E-state index contributed by atoms with van der Waals surface area (Å²) < 4.78 is 20.5. The lowest BCUT2D eigenvalue weighted by Crippen LogP contribution is -2.38. The molecule has 0 spiro atoms. The number of nitrogens with one attached hydrogen (secondary N) is 1. The van der Waals surface area contributed by atoms with Crippen molar-refractivity contribution < 1.29 is 13.9 Å². The van der Waals surface area contributed by atoms with Crippen molar-refractivity contribution in [3.05, 3.63) is 48.1 Å². The SMILES string of the molecule is CCn1ccnc1C(NC(=O)c1ccc(F)cn1)C1CCOCC1. The number of hydrogen-bond acceptors (Lipinski definition) is 4. The maximum Gasteiger partial charge on any atom is 0.270 e. The van der Waals surface area contributed by atoms with Crippen molar-refractivity contribution in [2.45, 2.75) is 32.4 Å². The van der Waals surface area contributed by atoms with Gasteiger partial charge in [-0.05, 0) is 37.8 Å². The van der Waals surface area contributed by atoms with Gasteiger partial charge in [0.15, 0.2) is 0 Å². The number of carbonyl (C=O) groups excluding carboxylic acids is 1. The van der Waals surface area contributed by atoms with Gasteiger partial charge in [0.05, 0.1) is 12.2 Å². The maximum absolute atomic E-state index is 13.0. The zero-order chi connectivity index (χ0) is 16.9. The number of carbonyl (C=O) groups is 1. The van der Waals surface area contributed by atoms with Crippen LogP contribution in [0.5, 0.6) is 0 Å². The van der Waals surface area contributed by atoms with E-state index in [1.807, 2.05) is 17.7 Å². The summed E-state index contributed by atoms with van der Waals surface area (Å²) in [6, 6.07) is 2.40. The van der Waals surface area contributed by atoms with Crippen LogP contribution in [-0.4, -0.2) is 33.7 Å². The topological polar surface area (TPSA) is 69.0 Å². The van der Waals surface area contributed by atoms with Gasteiger partial charge < -0.3 is 14.6 Å². The highest BCUT2D eigenvalue weighted by Gasteiger charge is 2.30. The van der Waals surface area contributed by atoms with Gasteiger partial charge >= 0.3 is 0 Å². The molecule has 1 fully saturated rings. The van der Waals surface area contributed by atoms with Crippen LogP contribution in [0.15, 0.2) is 30.7 Å². The fourth-order valence-corrected chi connectivity index (χ4v) is 3.03. The summed E-state index contributed by atoms with van der Waals surface area (Å²) in [6.45, 7) is 4.17. The van der Waals surface area contributed by atoms with Crippen molar-refractivity contribution in [2.24, 2.45) is 5.92 Å². The molecule has 1 aliphatic heterocycles. The Morgan fingerprint density at radius 1 is 1.42 bits per heavy atom. The van der Waals surface area contributed by atoms with Gasteiger partial charge in [0.2, 0.25) is 0 Å². The van der Waals surface area contributed by atoms with Crippen LogP contribution in [-0.2, 0) is 11.3 Å². The summed E-state index contributed by atoms with van der Waals surface area (Å²) in [5.41, 5.74) is 0.197. The molecule has 3 rings (SSSR count). The van der Waals surface area contributed by atoms with E-state index in [-0.39, 0.29) is 23.6 Å². The van der Waals surface area contributed by atoms with E-state index in [0.717, 1.165) is 31.4 Å². The summed E-state index contributed by atoms with van der Waals surface area (Å²) in [4.78, 5) is 20.9. The highest BCUT2D eigenvalue weighted by Crippen LogP contribution is 2.29. The van der Waals surface area contributed by atoms with Crippen LogP contribution in [0.2, 0.25) is 0 Å². The Morgan fingerprint density at radius 2 is 2.21 bits per heavy atom. The molecule has 24 heavy (non-hydrogen) atoms. The smallest absolute Gasteiger partial charge is 0.270 e. The number of nitrogens with zero attached hydrogens (tertiary/aromatic N) is 3. The van der Waals surface area contributed by atoms with E-state index >= 15 is 0 Å². The van der Waals surface area contributed by atoms with Crippen LogP contribution < -0.4 is 5.32 Å². The van der Waals surface area contributed by atoms with Crippen molar-refractivity contribution >= 4 is 5.91 Å². The summed E-state index contributed by atoms with van der Waals surface area (Å²) in [5.74, 6) is 0.293. The van der Waals surface area contributed by atoms with Gasteiger partial charge in [0.1, 0.15) is 17.3 Å². The van der Waals surface area contributed by atoms with Crippen molar-refractivity contribution in [1.29, 1.82) is 0 Å². The minimum absolute atomic E-state index is 0.197. The number of halogens is 1. The van der Waals surface area contributed by atoms with Crippen molar-refractivity contribution in [3.63, 3.8) is 0 Å². The van der Waals surface area contributed by atoms with E-state index < -0.39 is 5.82 Å². The number of hydrogen-bond donors (Lipinski definition) is 1. The summed E-state index contributed by atoms with van der Waals surface area (Å²) in [6.07, 6.45) is 6.42. The lowest BCUT2D eigenvalue weighted by molar-refractivity contribution is 0.0497. The number of aryl methyl sites for hydroxylation is 1. The highest BCUT2D eigenvalue weighted by molar-refractivity contribution is 5.92. The first-order chi connectivity index (χ1) is 11.7. The van der Waals surface area contributed by atoms with Crippen LogP contribution in [0.1, 0.15) is 42.1 Å². The quantitative estimate of drug-likeness (QED) is 0.912. The second kappa shape index (κ2) is 7.53. The van der Waals surface area contributed by atoms with Crippen LogP contribution in [0.4, 0.5) is 4.39 Å². The molecular formula is C17H21FN4O2. The Balaban J connectivity index is 1.84. The third-order valence-corrected chi connectivity index (χ3v) is 4.35. The molecule has 1 unspecified atom stereocenters. The number of amides is 1. The molecular weight excluding hydrogens is 311 g/mol. The molecule has 1 atom stereocenters. The van der Waals surface area contributed by atoms with Gasteiger partial charge in [-0.3, -0.25) is 4.79 Å². The van der Waals surface area contributed by atoms with E-state index in [1.165, 1.54) is 12.1 Å². The molecule has 0 radical (unpaired) electrons. The molecule has 0 bridgehead atoms. The minimum atomic E-state index is -0.464. The molecule has 0 aromatic carbocycles. The van der Waals surface area contributed by atoms with E-state index in [2.05, 4.69) is 15.3 Å².